The van der Waals surface area contributed by atoms with Crippen LogP contribution in [-0.4, -0.2) is 68.6 Å². The number of aliphatic hydroxyl groups is 1. The Bertz CT molecular complexity index is 838. The minimum absolute atomic E-state index is 0.0274. The maximum Gasteiger partial charge on any atom is 0.255 e. The molecular weight excluding hydrogens is 342 g/mol. The van der Waals surface area contributed by atoms with Crippen molar-refractivity contribution in [1.82, 2.24) is 24.4 Å². The van der Waals surface area contributed by atoms with Crippen LogP contribution in [0.15, 0.2) is 18.3 Å². The van der Waals surface area contributed by atoms with Gasteiger partial charge in [0.1, 0.15) is 6.10 Å². The summed E-state index contributed by atoms with van der Waals surface area (Å²) in [6, 6.07) is 3.62. The maximum absolute atomic E-state index is 13.1. The van der Waals surface area contributed by atoms with Gasteiger partial charge in [0.25, 0.3) is 5.91 Å². The molecule has 1 unspecified atom stereocenters. The molecule has 0 bridgehead atoms. The van der Waals surface area contributed by atoms with Gasteiger partial charge in [0, 0.05) is 19.3 Å². The predicted molar refractivity (Wildman–Crippen MR) is 102 cm³/mol. The zero-order chi connectivity index (χ0) is 19.2. The first kappa shape index (κ1) is 18.4. The lowest BCUT2D eigenvalue weighted by atomic mass is 9.78. The van der Waals surface area contributed by atoms with Gasteiger partial charge >= 0.3 is 0 Å². The van der Waals surface area contributed by atoms with E-state index in [1.54, 1.807) is 16.7 Å². The lowest BCUT2D eigenvalue weighted by Crippen LogP contribution is -2.40. The monoisotopic (exact) mass is 371 g/mol. The first-order valence-electron chi connectivity index (χ1n) is 9.89. The van der Waals surface area contributed by atoms with Crippen molar-refractivity contribution in [2.24, 2.45) is 11.3 Å². The molecule has 1 atom stereocenters. The average Bonchev–Trinajstić information content (AvgIpc) is 3.27. The Labute approximate surface area is 160 Å². The molecule has 1 spiro atoms. The van der Waals surface area contributed by atoms with Gasteiger partial charge in [0.05, 0.1) is 5.56 Å². The maximum atomic E-state index is 13.1. The fourth-order valence-electron chi connectivity index (χ4n) is 4.33. The number of rotatable bonds is 3. The largest absolute Gasteiger partial charge is 0.385 e. The molecule has 2 aromatic rings. The van der Waals surface area contributed by atoms with Crippen LogP contribution in [0, 0.1) is 11.3 Å². The summed E-state index contributed by atoms with van der Waals surface area (Å²) in [6.45, 7) is 7.78. The number of amides is 1. The fraction of sp³-hybridized carbons (Fsp3) is 0.650. The van der Waals surface area contributed by atoms with Gasteiger partial charge in [-0.3, -0.25) is 9.20 Å². The molecule has 1 amide bonds. The Morgan fingerprint density at radius 2 is 1.85 bits per heavy atom. The van der Waals surface area contributed by atoms with Crippen molar-refractivity contribution in [3.63, 3.8) is 0 Å². The molecule has 0 aromatic carbocycles. The van der Waals surface area contributed by atoms with E-state index in [1.165, 1.54) is 12.8 Å². The van der Waals surface area contributed by atoms with Crippen LogP contribution < -0.4 is 0 Å². The van der Waals surface area contributed by atoms with E-state index in [-0.39, 0.29) is 11.8 Å². The summed E-state index contributed by atoms with van der Waals surface area (Å²) in [5.41, 5.74) is 1.57. The Kier molecular flexibility index (Phi) is 4.68. The van der Waals surface area contributed by atoms with Crippen LogP contribution in [0.5, 0.6) is 0 Å². The molecule has 4 rings (SSSR count). The van der Waals surface area contributed by atoms with Crippen LogP contribution in [-0.2, 0) is 0 Å². The number of likely N-dealkylation sites (tertiary alicyclic amines) is 2. The Morgan fingerprint density at radius 1 is 1.15 bits per heavy atom. The second-order valence-electron chi connectivity index (χ2n) is 8.67. The van der Waals surface area contributed by atoms with Crippen molar-refractivity contribution >= 4 is 11.6 Å². The molecule has 7 heteroatoms. The van der Waals surface area contributed by atoms with Gasteiger partial charge in [-0.15, -0.1) is 10.2 Å². The molecule has 4 heterocycles. The van der Waals surface area contributed by atoms with E-state index < -0.39 is 6.10 Å². The van der Waals surface area contributed by atoms with E-state index in [0.717, 1.165) is 32.6 Å². The summed E-state index contributed by atoms with van der Waals surface area (Å²) >= 11 is 0. The molecule has 0 aliphatic carbocycles. The van der Waals surface area contributed by atoms with Gasteiger partial charge in [0.2, 0.25) is 0 Å². The number of carbonyl (C=O) groups is 1. The van der Waals surface area contributed by atoms with Crippen molar-refractivity contribution in [3.8, 4) is 0 Å². The smallest absolute Gasteiger partial charge is 0.255 e. The van der Waals surface area contributed by atoms with Gasteiger partial charge < -0.3 is 14.9 Å². The molecule has 1 N–H and O–H groups in total. The molecular formula is C20H29N5O2. The first-order valence-corrected chi connectivity index (χ1v) is 9.89. The number of aliphatic hydroxyl groups excluding tert-OH is 1. The van der Waals surface area contributed by atoms with E-state index in [2.05, 4.69) is 22.1 Å². The number of hydrogen-bond donors (Lipinski definition) is 1. The number of fused-ring (bicyclic) bond motifs is 1. The van der Waals surface area contributed by atoms with Gasteiger partial charge in [-0.1, -0.05) is 13.8 Å². The highest BCUT2D eigenvalue weighted by atomic mass is 16.3. The van der Waals surface area contributed by atoms with Gasteiger partial charge in [0.15, 0.2) is 11.5 Å². The lowest BCUT2D eigenvalue weighted by Gasteiger charge is -2.37. The third kappa shape index (κ3) is 3.34. The van der Waals surface area contributed by atoms with E-state index in [0.29, 0.717) is 22.5 Å². The summed E-state index contributed by atoms with van der Waals surface area (Å²) in [4.78, 5) is 17.5. The van der Waals surface area contributed by atoms with Crippen LogP contribution >= 0.6 is 0 Å². The molecule has 2 aliphatic rings. The molecule has 2 aromatic heterocycles. The van der Waals surface area contributed by atoms with E-state index in [4.69, 9.17) is 0 Å². The average molecular weight is 371 g/mol. The molecule has 2 aliphatic heterocycles. The minimum atomic E-state index is -0.709. The van der Waals surface area contributed by atoms with E-state index >= 15 is 0 Å². The summed E-state index contributed by atoms with van der Waals surface area (Å²) in [6.07, 6.45) is 4.50. The number of piperidine rings is 1. The summed E-state index contributed by atoms with van der Waals surface area (Å²) in [7, 11) is 2.17. The Morgan fingerprint density at radius 3 is 2.56 bits per heavy atom. The van der Waals surface area contributed by atoms with Crippen molar-refractivity contribution in [2.75, 3.05) is 33.2 Å². The highest BCUT2D eigenvalue weighted by Crippen LogP contribution is 2.40. The van der Waals surface area contributed by atoms with Gasteiger partial charge in [-0.25, -0.2) is 0 Å². The second-order valence-corrected chi connectivity index (χ2v) is 8.67. The number of hydrogen-bond acceptors (Lipinski definition) is 5. The Balaban J connectivity index is 1.55. The highest BCUT2D eigenvalue weighted by molar-refractivity contribution is 5.94. The van der Waals surface area contributed by atoms with Crippen LogP contribution in [0.4, 0.5) is 0 Å². The molecule has 7 nitrogen and oxygen atoms in total. The topological polar surface area (TPSA) is 74.0 Å². The van der Waals surface area contributed by atoms with E-state index in [1.807, 2.05) is 24.8 Å². The lowest BCUT2D eigenvalue weighted by molar-refractivity contribution is 0.0735. The van der Waals surface area contributed by atoms with Crippen LogP contribution in [0.3, 0.4) is 0 Å². The first-order chi connectivity index (χ1) is 12.9. The molecule has 27 heavy (non-hydrogen) atoms. The number of aromatic nitrogens is 3. The van der Waals surface area contributed by atoms with Gasteiger partial charge in [-0.2, -0.15) is 0 Å². The minimum Gasteiger partial charge on any atom is -0.385 e. The molecule has 2 fully saturated rings. The normalized spacial score (nSPS) is 21.4. The SMILES string of the molecule is CC(C)C(O)c1nnc2ccc(C(=O)N3CCC4(CCN(C)CC4)C3)cn12. The highest BCUT2D eigenvalue weighted by Gasteiger charge is 2.41. The Hall–Kier alpha value is -1.99. The molecule has 2 saturated heterocycles. The predicted octanol–water partition coefficient (Wildman–Crippen LogP) is 1.98. The van der Waals surface area contributed by atoms with Gasteiger partial charge in [-0.05, 0) is 62.9 Å². The van der Waals surface area contributed by atoms with E-state index in [9.17, 15) is 9.90 Å². The third-order valence-corrected chi connectivity index (χ3v) is 6.34. The summed E-state index contributed by atoms with van der Waals surface area (Å²) < 4.78 is 1.75. The second kappa shape index (κ2) is 6.87. The summed E-state index contributed by atoms with van der Waals surface area (Å²) in [5.74, 6) is 0.578. The van der Waals surface area contributed by atoms with Crippen LogP contribution in [0.25, 0.3) is 5.65 Å². The standard InChI is InChI=1S/C20H29N5O2/c1-14(2)17(26)18-22-21-16-5-4-15(12-25(16)18)19(27)24-11-8-20(13-24)6-9-23(3)10-7-20/h4-5,12,14,17,26H,6-11,13H2,1-3H3. The molecule has 146 valence electrons. The molecule has 0 radical (unpaired) electrons. The van der Waals surface area contributed by atoms with Crippen molar-refractivity contribution in [3.05, 3.63) is 29.7 Å². The van der Waals surface area contributed by atoms with Crippen LogP contribution in [0.2, 0.25) is 0 Å². The van der Waals surface area contributed by atoms with Crippen molar-refractivity contribution in [1.29, 1.82) is 0 Å². The molecule has 0 saturated carbocycles. The number of carbonyl (C=O) groups excluding carboxylic acids is 1. The number of nitrogens with zero attached hydrogens (tertiary/aromatic N) is 5. The zero-order valence-electron chi connectivity index (χ0n) is 16.4. The fourth-order valence-corrected chi connectivity index (χ4v) is 4.33. The van der Waals surface area contributed by atoms with Crippen LogP contribution in [0.1, 0.15) is 55.4 Å². The number of pyridine rings is 1. The summed E-state index contributed by atoms with van der Waals surface area (Å²) in [5, 5.41) is 18.6. The van der Waals surface area contributed by atoms with Crippen molar-refractivity contribution in [2.45, 2.75) is 39.2 Å². The zero-order valence-corrected chi connectivity index (χ0v) is 16.4. The quantitative estimate of drug-likeness (QED) is 0.893. The third-order valence-electron chi connectivity index (χ3n) is 6.34. The van der Waals surface area contributed by atoms with Crippen molar-refractivity contribution < 1.29 is 9.90 Å².